The van der Waals surface area contributed by atoms with E-state index in [0.717, 1.165) is 11.1 Å². The number of halogens is 1. The number of rotatable bonds is 2. The van der Waals surface area contributed by atoms with Crippen LogP contribution in [0, 0.1) is 19.7 Å². The molecule has 0 aliphatic rings. The maximum Gasteiger partial charge on any atom is 0.193 e. The topological polar surface area (TPSA) is 43.1 Å². The molecule has 2 rings (SSSR count). The van der Waals surface area contributed by atoms with E-state index in [9.17, 15) is 9.18 Å². The van der Waals surface area contributed by atoms with Crippen LogP contribution in [0.3, 0.4) is 0 Å². The van der Waals surface area contributed by atoms with Gasteiger partial charge in [-0.25, -0.2) is 4.39 Å². The maximum atomic E-state index is 13.3. The summed E-state index contributed by atoms with van der Waals surface area (Å²) in [7, 11) is 0. The molecule has 2 N–H and O–H groups in total. The number of nitrogen functional groups attached to an aromatic ring is 1. The quantitative estimate of drug-likeness (QED) is 0.650. The van der Waals surface area contributed by atoms with E-state index in [1.807, 2.05) is 26.0 Å². The molecule has 0 heterocycles. The zero-order chi connectivity index (χ0) is 13.3. The molecule has 0 saturated heterocycles. The van der Waals surface area contributed by atoms with Gasteiger partial charge in [0.2, 0.25) is 0 Å². The van der Waals surface area contributed by atoms with Gasteiger partial charge in [0.05, 0.1) is 0 Å². The fourth-order valence-corrected chi connectivity index (χ4v) is 1.88. The van der Waals surface area contributed by atoms with Crippen molar-refractivity contribution in [3.63, 3.8) is 0 Å². The first-order chi connectivity index (χ1) is 8.47. The number of hydrogen-bond donors (Lipinski definition) is 1. The SMILES string of the molecule is Cc1ccc(C)c(C(=O)c2cc(N)cc(F)c2)c1. The summed E-state index contributed by atoms with van der Waals surface area (Å²) in [5, 5.41) is 0. The van der Waals surface area contributed by atoms with Crippen LogP contribution >= 0.6 is 0 Å². The minimum atomic E-state index is -0.497. The summed E-state index contributed by atoms with van der Waals surface area (Å²) < 4.78 is 13.3. The molecule has 92 valence electrons. The highest BCUT2D eigenvalue weighted by molar-refractivity contribution is 6.10. The molecule has 0 unspecified atom stereocenters. The summed E-state index contributed by atoms with van der Waals surface area (Å²) in [6, 6.07) is 9.52. The Labute approximate surface area is 105 Å². The lowest BCUT2D eigenvalue weighted by atomic mass is 9.97. The summed E-state index contributed by atoms with van der Waals surface area (Å²) in [6.07, 6.45) is 0. The number of nitrogens with two attached hydrogens (primary N) is 1. The first-order valence-electron chi connectivity index (χ1n) is 5.65. The fourth-order valence-electron chi connectivity index (χ4n) is 1.88. The van der Waals surface area contributed by atoms with Crippen molar-refractivity contribution in [2.75, 3.05) is 5.73 Å². The Balaban J connectivity index is 2.51. The van der Waals surface area contributed by atoms with E-state index in [2.05, 4.69) is 0 Å². The second-order valence-electron chi connectivity index (χ2n) is 4.42. The van der Waals surface area contributed by atoms with Crippen molar-refractivity contribution in [1.82, 2.24) is 0 Å². The Hall–Kier alpha value is -2.16. The summed E-state index contributed by atoms with van der Waals surface area (Å²) in [5.41, 5.74) is 8.53. The summed E-state index contributed by atoms with van der Waals surface area (Å²) in [4.78, 5) is 12.3. The van der Waals surface area contributed by atoms with Gasteiger partial charge in [0.25, 0.3) is 0 Å². The summed E-state index contributed by atoms with van der Waals surface area (Å²) in [6.45, 7) is 3.77. The summed E-state index contributed by atoms with van der Waals surface area (Å²) in [5.74, 6) is -0.703. The molecule has 0 aliphatic carbocycles. The normalized spacial score (nSPS) is 10.4. The van der Waals surface area contributed by atoms with Crippen LogP contribution in [-0.4, -0.2) is 5.78 Å². The van der Waals surface area contributed by atoms with Gasteiger partial charge < -0.3 is 5.73 Å². The third kappa shape index (κ3) is 2.40. The van der Waals surface area contributed by atoms with Crippen molar-refractivity contribution in [1.29, 1.82) is 0 Å². The first kappa shape index (κ1) is 12.3. The van der Waals surface area contributed by atoms with Crippen molar-refractivity contribution in [3.05, 3.63) is 64.5 Å². The molecule has 0 saturated carbocycles. The van der Waals surface area contributed by atoms with Gasteiger partial charge in [-0.1, -0.05) is 17.7 Å². The number of anilines is 1. The minimum absolute atomic E-state index is 0.206. The van der Waals surface area contributed by atoms with Crippen molar-refractivity contribution in [2.24, 2.45) is 0 Å². The molecule has 0 bridgehead atoms. The Morgan fingerprint density at radius 3 is 2.50 bits per heavy atom. The Kier molecular flexibility index (Phi) is 3.15. The molecule has 2 aromatic carbocycles. The monoisotopic (exact) mass is 243 g/mol. The minimum Gasteiger partial charge on any atom is -0.399 e. The predicted octanol–water partition coefficient (Wildman–Crippen LogP) is 3.26. The molecular weight excluding hydrogens is 229 g/mol. The predicted molar refractivity (Wildman–Crippen MR) is 70.2 cm³/mol. The van der Waals surface area contributed by atoms with Crippen LogP contribution in [0.2, 0.25) is 0 Å². The summed E-state index contributed by atoms with van der Waals surface area (Å²) >= 11 is 0. The number of aryl methyl sites for hydroxylation is 2. The fraction of sp³-hybridized carbons (Fsp3) is 0.133. The number of benzene rings is 2. The molecule has 0 amide bonds. The van der Waals surface area contributed by atoms with Gasteiger partial charge in [-0.3, -0.25) is 4.79 Å². The highest BCUT2D eigenvalue weighted by atomic mass is 19.1. The van der Waals surface area contributed by atoms with Gasteiger partial charge in [0, 0.05) is 16.8 Å². The van der Waals surface area contributed by atoms with Gasteiger partial charge in [-0.2, -0.15) is 0 Å². The molecule has 3 heteroatoms. The van der Waals surface area contributed by atoms with E-state index in [0.29, 0.717) is 5.56 Å². The van der Waals surface area contributed by atoms with Gasteiger partial charge >= 0.3 is 0 Å². The van der Waals surface area contributed by atoms with Gasteiger partial charge in [0.15, 0.2) is 5.78 Å². The van der Waals surface area contributed by atoms with E-state index in [4.69, 9.17) is 5.73 Å². The van der Waals surface area contributed by atoms with E-state index < -0.39 is 5.82 Å². The number of ketones is 1. The maximum absolute atomic E-state index is 13.3. The average molecular weight is 243 g/mol. The molecule has 0 aromatic heterocycles. The zero-order valence-corrected chi connectivity index (χ0v) is 10.3. The van der Waals surface area contributed by atoms with Crippen molar-refractivity contribution >= 4 is 11.5 Å². The van der Waals surface area contributed by atoms with Crippen LogP contribution in [0.5, 0.6) is 0 Å². The molecule has 18 heavy (non-hydrogen) atoms. The van der Waals surface area contributed by atoms with Crippen molar-refractivity contribution in [3.8, 4) is 0 Å². The van der Waals surface area contributed by atoms with Crippen LogP contribution in [0.25, 0.3) is 0 Å². The lowest BCUT2D eigenvalue weighted by Crippen LogP contribution is -2.05. The number of hydrogen-bond acceptors (Lipinski definition) is 2. The standard InChI is InChI=1S/C15H14FNO/c1-9-3-4-10(2)14(5-9)15(18)11-6-12(16)8-13(17)7-11/h3-8H,17H2,1-2H3. The second-order valence-corrected chi connectivity index (χ2v) is 4.42. The van der Waals surface area contributed by atoms with Crippen LogP contribution < -0.4 is 5.73 Å². The molecule has 0 atom stereocenters. The van der Waals surface area contributed by atoms with Gasteiger partial charge in [-0.15, -0.1) is 0 Å². The third-order valence-corrected chi connectivity index (χ3v) is 2.82. The van der Waals surface area contributed by atoms with E-state index in [-0.39, 0.29) is 17.0 Å². The van der Waals surface area contributed by atoms with Crippen LogP contribution in [0.1, 0.15) is 27.0 Å². The molecular formula is C15H14FNO. The number of carbonyl (C=O) groups excluding carboxylic acids is 1. The third-order valence-electron chi connectivity index (χ3n) is 2.82. The number of carbonyl (C=O) groups is 1. The molecule has 0 fully saturated rings. The van der Waals surface area contributed by atoms with E-state index >= 15 is 0 Å². The van der Waals surface area contributed by atoms with E-state index in [1.165, 1.54) is 18.2 Å². The molecule has 2 nitrogen and oxygen atoms in total. The first-order valence-corrected chi connectivity index (χ1v) is 5.65. The molecule has 0 spiro atoms. The molecule has 0 aliphatic heterocycles. The van der Waals surface area contributed by atoms with E-state index in [1.54, 1.807) is 6.07 Å². The zero-order valence-electron chi connectivity index (χ0n) is 10.3. The van der Waals surface area contributed by atoms with Crippen LogP contribution in [0.15, 0.2) is 36.4 Å². The van der Waals surface area contributed by atoms with Gasteiger partial charge in [-0.05, 0) is 43.7 Å². The molecule has 2 aromatic rings. The Morgan fingerprint density at radius 1 is 1.11 bits per heavy atom. The Morgan fingerprint density at radius 2 is 1.83 bits per heavy atom. The van der Waals surface area contributed by atoms with Gasteiger partial charge in [0.1, 0.15) is 5.82 Å². The smallest absolute Gasteiger partial charge is 0.193 e. The van der Waals surface area contributed by atoms with Crippen LogP contribution in [0.4, 0.5) is 10.1 Å². The highest BCUT2D eigenvalue weighted by Gasteiger charge is 2.13. The van der Waals surface area contributed by atoms with Crippen molar-refractivity contribution < 1.29 is 9.18 Å². The lowest BCUT2D eigenvalue weighted by molar-refractivity contribution is 0.103. The lowest BCUT2D eigenvalue weighted by Gasteiger charge is -2.07. The largest absolute Gasteiger partial charge is 0.399 e. The van der Waals surface area contributed by atoms with Crippen LogP contribution in [-0.2, 0) is 0 Å². The molecule has 0 radical (unpaired) electrons. The Bertz CT molecular complexity index is 600. The highest BCUT2D eigenvalue weighted by Crippen LogP contribution is 2.18. The van der Waals surface area contributed by atoms with Crippen molar-refractivity contribution in [2.45, 2.75) is 13.8 Å². The second kappa shape index (κ2) is 4.61. The average Bonchev–Trinajstić information content (AvgIpc) is 2.30.